The van der Waals surface area contributed by atoms with Gasteiger partial charge in [0.15, 0.2) is 0 Å². The van der Waals surface area contributed by atoms with Crippen molar-refractivity contribution in [1.82, 2.24) is 19.1 Å². The number of rotatable bonds is 4. The fraction of sp³-hybridized carbons (Fsp3) is 0. The monoisotopic (exact) mass is 868 g/mol. The van der Waals surface area contributed by atoms with Gasteiger partial charge in [-0.1, -0.05) is 133 Å². The molecule has 0 bridgehead atoms. The molecule has 11 aromatic carbocycles. The van der Waals surface area contributed by atoms with Crippen molar-refractivity contribution in [2.24, 2.45) is 0 Å². The van der Waals surface area contributed by atoms with Crippen LogP contribution in [0.1, 0.15) is 0 Å². The number of benzene rings is 11. The SMILES string of the molecule is c1ccc2cc3c(cc2c1)c1ccccc1n3-c1ccc2cc3c(cc2c1)c1ccccc1n3-c1ccc2ccc(-c3nc4ccccc4nc3-c3cccc4c3sc3ccccc34)cc2c1. The Morgan fingerprint density at radius 1 is 0.313 bits per heavy atom. The van der Waals surface area contributed by atoms with Crippen molar-refractivity contribution >= 4 is 118 Å². The smallest absolute Gasteiger partial charge is 0.0987 e. The van der Waals surface area contributed by atoms with Crippen molar-refractivity contribution < 1.29 is 0 Å². The van der Waals surface area contributed by atoms with Crippen molar-refractivity contribution in [3.63, 3.8) is 0 Å². The summed E-state index contributed by atoms with van der Waals surface area (Å²) < 4.78 is 7.37. The number of hydrogen-bond donors (Lipinski definition) is 0. The molecule has 67 heavy (non-hydrogen) atoms. The molecule has 0 radical (unpaired) electrons. The van der Waals surface area contributed by atoms with E-state index in [2.05, 4.69) is 215 Å². The Kier molecular flexibility index (Phi) is 7.63. The van der Waals surface area contributed by atoms with Crippen LogP contribution < -0.4 is 0 Å². The first-order valence-corrected chi connectivity index (χ1v) is 23.6. The minimum Gasteiger partial charge on any atom is -0.309 e. The maximum absolute atomic E-state index is 5.37. The quantitative estimate of drug-likeness (QED) is 0.177. The van der Waals surface area contributed by atoms with E-state index in [4.69, 9.17) is 9.97 Å². The molecule has 0 spiro atoms. The van der Waals surface area contributed by atoms with Gasteiger partial charge in [-0.2, -0.15) is 0 Å². The first kappa shape index (κ1) is 36.7. The van der Waals surface area contributed by atoms with Crippen LogP contribution in [0.2, 0.25) is 0 Å². The molecule has 0 saturated carbocycles. The molecule has 5 heteroatoms. The molecule has 0 atom stereocenters. The topological polar surface area (TPSA) is 35.6 Å². The Labute approximate surface area is 387 Å². The Morgan fingerprint density at radius 2 is 0.836 bits per heavy atom. The molecule has 0 unspecified atom stereocenters. The Hall–Kier alpha value is -8.64. The molecule has 0 fully saturated rings. The molecule has 4 nitrogen and oxygen atoms in total. The molecular formula is C62H36N4S. The average molecular weight is 869 g/mol. The van der Waals surface area contributed by atoms with Crippen LogP contribution in [0, 0.1) is 0 Å². The van der Waals surface area contributed by atoms with Crippen molar-refractivity contribution in [3.8, 4) is 33.9 Å². The van der Waals surface area contributed by atoms with Gasteiger partial charge in [0.2, 0.25) is 0 Å². The first-order valence-electron chi connectivity index (χ1n) is 22.8. The number of aromatic nitrogens is 4. The number of para-hydroxylation sites is 4. The number of hydrogen-bond acceptors (Lipinski definition) is 3. The normalized spacial score (nSPS) is 12.2. The lowest BCUT2D eigenvalue weighted by Crippen LogP contribution is -1.96. The third-order valence-corrected chi connectivity index (χ3v) is 15.2. The summed E-state index contributed by atoms with van der Waals surface area (Å²) in [6, 6.07) is 79.7. The van der Waals surface area contributed by atoms with E-state index in [9.17, 15) is 0 Å². The summed E-state index contributed by atoms with van der Waals surface area (Å²) in [7, 11) is 0. The summed E-state index contributed by atoms with van der Waals surface area (Å²) in [5, 5.41) is 14.7. The second-order valence-corrected chi connectivity index (χ2v) is 18.8. The molecule has 0 amide bonds. The maximum atomic E-state index is 5.37. The highest BCUT2D eigenvalue weighted by Crippen LogP contribution is 2.43. The zero-order chi connectivity index (χ0) is 43.7. The molecule has 4 heterocycles. The summed E-state index contributed by atoms with van der Waals surface area (Å²) in [6.45, 7) is 0. The lowest BCUT2D eigenvalue weighted by Gasteiger charge is -2.13. The number of thiophene rings is 1. The standard InChI is InChI=1S/C62H36N4S/c1-2-13-39-35-57-51(33-38(39)12-1)46-14-3-8-21-55(46)66(57)45-29-27-40-36-58-52(34-43(40)32-45)47-15-4-9-22-56(47)65(58)44-28-26-37-24-25-41(30-42(37)31-44)60-61(64-54-20-7-6-19-53(54)63-60)50-18-11-17-49-48-16-5-10-23-59(48)67-62(49)50/h1-36H. The highest BCUT2D eigenvalue weighted by Gasteiger charge is 2.20. The summed E-state index contributed by atoms with van der Waals surface area (Å²) >= 11 is 1.83. The average Bonchev–Trinajstić information content (AvgIpc) is 4.03. The second-order valence-electron chi connectivity index (χ2n) is 17.8. The van der Waals surface area contributed by atoms with Gasteiger partial charge in [0.1, 0.15) is 0 Å². The van der Waals surface area contributed by atoms with E-state index < -0.39 is 0 Å². The van der Waals surface area contributed by atoms with Crippen LogP contribution in [0.4, 0.5) is 0 Å². The van der Waals surface area contributed by atoms with Gasteiger partial charge >= 0.3 is 0 Å². The number of nitrogens with zero attached hydrogens (tertiary/aromatic N) is 4. The Bertz CT molecular complexity index is 4590. The molecule has 0 N–H and O–H groups in total. The molecule has 4 aromatic heterocycles. The molecule has 15 rings (SSSR count). The molecule has 310 valence electrons. The second kappa shape index (κ2) is 13.9. The fourth-order valence-electron chi connectivity index (χ4n) is 10.9. The minimum absolute atomic E-state index is 0.881. The van der Waals surface area contributed by atoms with Crippen molar-refractivity contribution in [3.05, 3.63) is 218 Å². The van der Waals surface area contributed by atoms with Gasteiger partial charge in [0.05, 0.1) is 44.5 Å². The molecule has 0 saturated heterocycles. The highest BCUT2D eigenvalue weighted by atomic mass is 32.1. The zero-order valence-electron chi connectivity index (χ0n) is 36.0. The number of fused-ring (bicyclic) bond motifs is 13. The summed E-state index contributed by atoms with van der Waals surface area (Å²) in [6.07, 6.45) is 0. The van der Waals surface area contributed by atoms with Crippen LogP contribution in [0.25, 0.3) is 141 Å². The lowest BCUT2D eigenvalue weighted by molar-refractivity contribution is 1.18. The van der Waals surface area contributed by atoms with Crippen LogP contribution >= 0.6 is 11.3 Å². The van der Waals surface area contributed by atoms with Gasteiger partial charge in [-0.3, -0.25) is 0 Å². The summed E-state index contributed by atoms with van der Waals surface area (Å²) in [5.74, 6) is 0. The third kappa shape index (κ3) is 5.46. The van der Waals surface area contributed by atoms with Crippen molar-refractivity contribution in [2.45, 2.75) is 0 Å². The summed E-state index contributed by atoms with van der Waals surface area (Å²) in [5.41, 5.74) is 12.7. The molecular weight excluding hydrogens is 833 g/mol. The Morgan fingerprint density at radius 3 is 1.55 bits per heavy atom. The van der Waals surface area contributed by atoms with Gasteiger partial charge in [-0.25, -0.2) is 9.97 Å². The van der Waals surface area contributed by atoms with E-state index in [0.29, 0.717) is 0 Å². The van der Waals surface area contributed by atoms with E-state index in [1.54, 1.807) is 0 Å². The van der Waals surface area contributed by atoms with Crippen LogP contribution in [0.3, 0.4) is 0 Å². The van der Waals surface area contributed by atoms with Gasteiger partial charge in [0.25, 0.3) is 0 Å². The van der Waals surface area contributed by atoms with E-state index in [0.717, 1.165) is 50.3 Å². The largest absolute Gasteiger partial charge is 0.309 e. The van der Waals surface area contributed by atoms with E-state index in [1.807, 2.05) is 23.5 Å². The highest BCUT2D eigenvalue weighted by molar-refractivity contribution is 7.26. The molecule has 15 aromatic rings. The van der Waals surface area contributed by atoms with Crippen molar-refractivity contribution in [1.29, 1.82) is 0 Å². The Balaban J connectivity index is 0.897. The molecule has 0 aliphatic rings. The van der Waals surface area contributed by atoms with Gasteiger partial charge in [0, 0.05) is 64.2 Å². The lowest BCUT2D eigenvalue weighted by atomic mass is 9.99. The first-order chi connectivity index (χ1) is 33.2. The van der Waals surface area contributed by atoms with Crippen LogP contribution in [0.15, 0.2) is 218 Å². The molecule has 0 aliphatic carbocycles. The van der Waals surface area contributed by atoms with E-state index >= 15 is 0 Å². The maximum Gasteiger partial charge on any atom is 0.0987 e. The predicted octanol–water partition coefficient (Wildman–Crippen LogP) is 17.0. The van der Waals surface area contributed by atoms with E-state index in [-0.39, 0.29) is 0 Å². The van der Waals surface area contributed by atoms with Gasteiger partial charge < -0.3 is 9.13 Å². The van der Waals surface area contributed by atoms with Crippen LogP contribution in [-0.2, 0) is 0 Å². The van der Waals surface area contributed by atoms with E-state index in [1.165, 1.54) is 90.7 Å². The molecule has 0 aliphatic heterocycles. The van der Waals surface area contributed by atoms with Crippen LogP contribution in [0.5, 0.6) is 0 Å². The predicted molar refractivity (Wildman–Crippen MR) is 284 cm³/mol. The third-order valence-electron chi connectivity index (χ3n) is 14.0. The summed E-state index contributed by atoms with van der Waals surface area (Å²) in [4.78, 5) is 10.7. The fourth-order valence-corrected chi connectivity index (χ4v) is 12.1. The van der Waals surface area contributed by atoms with Gasteiger partial charge in [-0.05, 0) is 117 Å². The van der Waals surface area contributed by atoms with Crippen molar-refractivity contribution in [2.75, 3.05) is 0 Å². The van der Waals surface area contributed by atoms with Gasteiger partial charge in [-0.15, -0.1) is 11.3 Å². The minimum atomic E-state index is 0.881. The van der Waals surface area contributed by atoms with Crippen LogP contribution in [-0.4, -0.2) is 19.1 Å². The zero-order valence-corrected chi connectivity index (χ0v) is 36.8.